The fourth-order valence-electron chi connectivity index (χ4n) is 4.46. The number of allylic oxidation sites excluding steroid dienone is 2. The van der Waals surface area contributed by atoms with E-state index in [9.17, 15) is 0 Å². The van der Waals surface area contributed by atoms with E-state index >= 15 is 0 Å². The molecule has 0 spiro atoms. The van der Waals surface area contributed by atoms with Crippen molar-refractivity contribution >= 4 is 12.2 Å². The molecule has 2 aliphatic carbocycles. The topological polar surface area (TPSA) is 0 Å². The molecule has 2 atom stereocenters. The fraction of sp³-hybridized carbons (Fsp3) is 0.200. The third kappa shape index (κ3) is 2.32. The van der Waals surface area contributed by atoms with E-state index in [2.05, 4.69) is 72.8 Å². The maximum Gasteiger partial charge on any atom is -1.00 e. The van der Waals surface area contributed by atoms with Gasteiger partial charge in [-0.3, -0.25) is 0 Å². The molecule has 1 heterocycles. The molecule has 0 aromatic heterocycles. The second kappa shape index (κ2) is 5.94. The van der Waals surface area contributed by atoms with Crippen molar-refractivity contribution in [2.75, 3.05) is 0 Å². The van der Waals surface area contributed by atoms with Crippen molar-refractivity contribution < 1.29 is 29.4 Å². The first kappa shape index (κ1) is 16.5. The van der Waals surface area contributed by atoms with Crippen molar-refractivity contribution in [1.82, 2.24) is 0 Å². The standard InChI is InChI=1S/2C9H7.C2H4.2FH.Hf/c2*1-2-5-9-7-3-6-8(9)4-1;1-2;;;/h2*1-7H;1-2H2;2*1H;/q;;;;;+2/p-2. The van der Waals surface area contributed by atoms with Crippen molar-refractivity contribution in [2.24, 2.45) is 0 Å². The van der Waals surface area contributed by atoms with Gasteiger partial charge in [-0.25, -0.2) is 0 Å². The van der Waals surface area contributed by atoms with Crippen molar-refractivity contribution in [3.05, 3.63) is 82.9 Å². The van der Waals surface area contributed by atoms with Gasteiger partial charge in [0.05, 0.1) is 0 Å². The smallest absolute Gasteiger partial charge is 1.00 e. The van der Waals surface area contributed by atoms with Crippen molar-refractivity contribution in [2.45, 2.75) is 15.7 Å². The van der Waals surface area contributed by atoms with Gasteiger partial charge in [-0.05, 0) is 0 Å². The third-order valence-corrected chi connectivity index (χ3v) is 24.1. The molecule has 3 aliphatic rings. The molecule has 1 aliphatic heterocycles. The summed E-state index contributed by atoms with van der Waals surface area (Å²) >= 11 is -2.27. The summed E-state index contributed by atoms with van der Waals surface area (Å²) in [6.07, 6.45) is 9.86. The van der Waals surface area contributed by atoms with E-state index in [1.807, 2.05) is 0 Å². The number of hydrogen-bond acceptors (Lipinski definition) is 0. The number of rotatable bonds is 2. The van der Waals surface area contributed by atoms with Crippen LogP contribution in [0.15, 0.2) is 60.7 Å². The maximum atomic E-state index is 2.55. The first-order valence-corrected chi connectivity index (χ1v) is 17.2. The van der Waals surface area contributed by atoms with Crippen molar-refractivity contribution in [3.8, 4) is 0 Å². The van der Waals surface area contributed by atoms with Gasteiger partial charge in [0.15, 0.2) is 0 Å². The molecule has 0 nitrogen and oxygen atoms in total. The van der Waals surface area contributed by atoms with E-state index < -0.39 is 20.0 Å². The number of halogens is 2. The van der Waals surface area contributed by atoms with Crippen LogP contribution in [0.4, 0.5) is 0 Å². The Kier molecular flexibility index (Phi) is 4.26. The first-order valence-electron chi connectivity index (χ1n) is 7.93. The Bertz CT molecular complexity index is 726. The first-order chi connectivity index (χ1) is 10.4. The predicted molar refractivity (Wildman–Crippen MR) is 86.0 cm³/mol. The fourth-order valence-corrected chi connectivity index (χ4v) is 29.6. The van der Waals surface area contributed by atoms with Gasteiger partial charge in [0, 0.05) is 0 Å². The molecule has 0 radical (unpaired) electrons. The Balaban J connectivity index is 0.000000781. The van der Waals surface area contributed by atoms with Gasteiger partial charge in [0.1, 0.15) is 0 Å². The van der Waals surface area contributed by atoms with Gasteiger partial charge in [0.2, 0.25) is 0 Å². The molecule has 2 aromatic carbocycles. The normalized spacial score (nSPS) is 23.0. The van der Waals surface area contributed by atoms with Gasteiger partial charge in [-0.15, -0.1) is 0 Å². The average molecular weight is 475 g/mol. The van der Waals surface area contributed by atoms with Crippen LogP contribution in [0, 0.1) is 0 Å². The van der Waals surface area contributed by atoms with Crippen LogP contribution in [0.2, 0.25) is 8.35 Å². The summed E-state index contributed by atoms with van der Waals surface area (Å²) in [5.74, 6) is 0. The summed E-state index contributed by atoms with van der Waals surface area (Å²) in [6, 6.07) is 18.1. The number of fused-ring (bicyclic) bond motifs is 2. The average Bonchev–Trinajstić information content (AvgIpc) is 3.03. The minimum atomic E-state index is -2.27. The molecule has 0 amide bonds. The molecular formula is C20H18F2Hf. The molecule has 3 heteroatoms. The largest absolute Gasteiger partial charge is 1.00 e. The van der Waals surface area contributed by atoms with E-state index in [0.717, 1.165) is 7.35 Å². The van der Waals surface area contributed by atoms with Gasteiger partial charge in [-0.2, -0.15) is 0 Å². The van der Waals surface area contributed by atoms with Crippen LogP contribution < -0.4 is 9.41 Å². The van der Waals surface area contributed by atoms with Crippen molar-refractivity contribution in [1.29, 1.82) is 0 Å². The second-order valence-electron chi connectivity index (χ2n) is 6.66. The van der Waals surface area contributed by atoms with Crippen LogP contribution in [0.5, 0.6) is 0 Å². The molecule has 116 valence electrons. The van der Waals surface area contributed by atoms with E-state index in [0.29, 0.717) is 0 Å². The molecule has 2 aromatic rings. The van der Waals surface area contributed by atoms with Gasteiger partial charge in [0.25, 0.3) is 0 Å². The van der Waals surface area contributed by atoms with Crippen LogP contribution in [0.1, 0.15) is 29.6 Å². The zero-order chi connectivity index (χ0) is 13.9. The van der Waals surface area contributed by atoms with E-state index in [1.54, 1.807) is 19.5 Å². The molecule has 5 rings (SSSR count). The van der Waals surface area contributed by atoms with Crippen molar-refractivity contribution in [3.63, 3.8) is 0 Å². The second-order valence-corrected chi connectivity index (χ2v) is 23.6. The number of benzene rings is 2. The van der Waals surface area contributed by atoms with Crippen LogP contribution in [-0.4, -0.2) is 0 Å². The van der Waals surface area contributed by atoms with E-state index in [4.69, 9.17) is 0 Å². The van der Waals surface area contributed by atoms with Crippen LogP contribution in [0.25, 0.3) is 12.2 Å². The monoisotopic (exact) mass is 476 g/mol. The third-order valence-electron chi connectivity index (χ3n) is 5.66. The quantitative estimate of drug-likeness (QED) is 0.517. The molecule has 0 saturated carbocycles. The van der Waals surface area contributed by atoms with Gasteiger partial charge >= 0.3 is 131 Å². The maximum absolute atomic E-state index is 2.55. The molecule has 0 N–H and O–H groups in total. The minimum absolute atomic E-state index is 0. The summed E-state index contributed by atoms with van der Waals surface area (Å²) in [4.78, 5) is 0. The van der Waals surface area contributed by atoms with E-state index in [-0.39, 0.29) is 9.41 Å². The van der Waals surface area contributed by atoms with Gasteiger partial charge < -0.3 is 9.41 Å². The molecule has 1 saturated heterocycles. The zero-order valence-corrected chi connectivity index (χ0v) is 16.3. The predicted octanol–water partition coefficient (Wildman–Crippen LogP) is -0.465. The summed E-state index contributed by atoms with van der Waals surface area (Å²) in [5.41, 5.74) is 6.22. The Labute approximate surface area is 140 Å². The Hall–Kier alpha value is -1.35. The summed E-state index contributed by atoms with van der Waals surface area (Å²) in [5, 5.41) is 0. The molecule has 1 fully saturated rings. The van der Waals surface area contributed by atoms with Gasteiger partial charge in [-0.1, -0.05) is 0 Å². The minimum Gasteiger partial charge on any atom is -1.00 e. The molecular weight excluding hydrogens is 457 g/mol. The summed E-state index contributed by atoms with van der Waals surface area (Å²) in [6.45, 7) is 0. The summed E-state index contributed by atoms with van der Waals surface area (Å²) in [7, 11) is 0. The SMILES string of the molecule is C1=C[CH]([Hf+2]2([CH]3C=Cc4ccccc43)[CH2][CH2]2)c2ccccc21.[F-].[F-]. The van der Waals surface area contributed by atoms with Crippen LogP contribution in [-0.2, 0) is 20.0 Å². The molecule has 0 bridgehead atoms. The summed E-state index contributed by atoms with van der Waals surface area (Å²) < 4.78 is 4.77. The molecule has 23 heavy (non-hydrogen) atoms. The van der Waals surface area contributed by atoms with E-state index in [1.165, 1.54) is 11.1 Å². The Morgan fingerprint density at radius 2 is 1.09 bits per heavy atom. The number of hydrogen-bond donors (Lipinski definition) is 0. The van der Waals surface area contributed by atoms with Crippen LogP contribution >= 0.6 is 0 Å². The Morgan fingerprint density at radius 1 is 0.652 bits per heavy atom. The Morgan fingerprint density at radius 3 is 1.52 bits per heavy atom. The molecule has 2 unspecified atom stereocenters. The zero-order valence-electron chi connectivity index (χ0n) is 12.8. The van der Waals surface area contributed by atoms with Crippen LogP contribution in [0.3, 0.4) is 0 Å².